The minimum Gasteiger partial charge on any atom is -0.373 e. The summed E-state index contributed by atoms with van der Waals surface area (Å²) >= 11 is 0. The Morgan fingerprint density at radius 2 is 2.03 bits per heavy atom. The van der Waals surface area contributed by atoms with Crippen molar-refractivity contribution in [2.24, 2.45) is 0 Å². The number of pyridine rings is 1. The summed E-state index contributed by atoms with van der Waals surface area (Å²) in [6.45, 7) is 3.86. The highest BCUT2D eigenvalue weighted by Crippen LogP contribution is 2.41. The molecule has 3 aliphatic rings. The summed E-state index contributed by atoms with van der Waals surface area (Å²) in [5, 5.41) is 9.58. The molecule has 1 saturated heterocycles. The molecule has 0 aromatic carbocycles. The Balaban J connectivity index is 1.75. The van der Waals surface area contributed by atoms with Gasteiger partial charge in [0.15, 0.2) is 0 Å². The standard InChI is InChI=1S/C23H29N5O3/c1-14(20-22(31)27-23(28(20)13-30)8-5-4-6-9-23)18-11-16-12-25-21(24-3)17(7-10-29)19(16)26-15(18)2/h10,12-13,26H,4-9,11H2,1-3H3,(H,24,25)(H,27,31)/b20-14-. The van der Waals surface area contributed by atoms with Crippen LogP contribution in [0.1, 0.15) is 57.1 Å². The number of hydrogen-bond donors (Lipinski definition) is 3. The number of carbonyl (C=O) groups is 3. The van der Waals surface area contributed by atoms with Crippen LogP contribution in [0, 0.1) is 0 Å². The van der Waals surface area contributed by atoms with Gasteiger partial charge in [-0.3, -0.25) is 14.5 Å². The molecule has 31 heavy (non-hydrogen) atoms. The molecule has 0 unspecified atom stereocenters. The maximum absolute atomic E-state index is 13.0. The van der Waals surface area contributed by atoms with E-state index in [9.17, 15) is 14.4 Å². The van der Waals surface area contributed by atoms with E-state index in [1.165, 1.54) is 0 Å². The van der Waals surface area contributed by atoms with Crippen LogP contribution in [0.4, 0.5) is 11.5 Å². The van der Waals surface area contributed by atoms with Crippen LogP contribution in [0.5, 0.6) is 0 Å². The van der Waals surface area contributed by atoms with Crippen LogP contribution in [-0.4, -0.2) is 41.2 Å². The predicted octanol–water partition coefficient (Wildman–Crippen LogP) is 2.63. The van der Waals surface area contributed by atoms with Crippen molar-refractivity contribution in [3.05, 3.63) is 39.9 Å². The van der Waals surface area contributed by atoms with Crippen molar-refractivity contribution in [3.63, 3.8) is 0 Å². The number of aldehydes is 1. The largest absolute Gasteiger partial charge is 0.373 e. The fraction of sp³-hybridized carbons (Fsp3) is 0.478. The Morgan fingerprint density at radius 1 is 1.29 bits per heavy atom. The third kappa shape index (κ3) is 3.40. The molecule has 3 N–H and O–H groups in total. The van der Waals surface area contributed by atoms with Crippen LogP contribution in [0.3, 0.4) is 0 Å². The van der Waals surface area contributed by atoms with Gasteiger partial charge in [-0.15, -0.1) is 0 Å². The number of carbonyl (C=O) groups excluding carboxylic acids is 3. The summed E-state index contributed by atoms with van der Waals surface area (Å²) in [6, 6.07) is 0. The highest BCUT2D eigenvalue weighted by molar-refractivity contribution is 6.00. The van der Waals surface area contributed by atoms with Crippen molar-refractivity contribution in [2.75, 3.05) is 17.7 Å². The molecule has 0 radical (unpaired) electrons. The summed E-state index contributed by atoms with van der Waals surface area (Å²) in [5.74, 6) is 0.481. The molecule has 2 fully saturated rings. The molecule has 8 nitrogen and oxygen atoms in total. The van der Waals surface area contributed by atoms with E-state index in [1.807, 2.05) is 13.8 Å². The fourth-order valence-corrected chi connectivity index (χ4v) is 5.19. The van der Waals surface area contributed by atoms with Crippen molar-refractivity contribution in [2.45, 2.75) is 64.5 Å². The molecular formula is C23H29N5O3. The molecule has 2 aliphatic heterocycles. The normalized spacial score (nSPS) is 21.4. The second-order valence-corrected chi connectivity index (χ2v) is 8.51. The summed E-state index contributed by atoms with van der Waals surface area (Å²) in [6.07, 6.45) is 8.95. The number of fused-ring (bicyclic) bond motifs is 1. The van der Waals surface area contributed by atoms with Crippen LogP contribution in [-0.2, 0) is 27.2 Å². The van der Waals surface area contributed by atoms with Crippen molar-refractivity contribution in [1.82, 2.24) is 15.2 Å². The zero-order valence-electron chi connectivity index (χ0n) is 18.3. The Labute approximate surface area is 182 Å². The number of nitrogens with zero attached hydrogens (tertiary/aromatic N) is 2. The molecule has 0 atom stereocenters. The van der Waals surface area contributed by atoms with Crippen LogP contribution >= 0.6 is 0 Å². The second-order valence-electron chi connectivity index (χ2n) is 8.51. The molecule has 1 aromatic heterocycles. The lowest BCUT2D eigenvalue weighted by molar-refractivity contribution is -0.121. The van der Waals surface area contributed by atoms with Crippen molar-refractivity contribution in [3.8, 4) is 0 Å². The third-order valence-electron chi connectivity index (χ3n) is 6.77. The maximum Gasteiger partial charge on any atom is 0.270 e. The van der Waals surface area contributed by atoms with E-state index in [-0.39, 0.29) is 12.3 Å². The third-order valence-corrected chi connectivity index (χ3v) is 6.77. The van der Waals surface area contributed by atoms with Crippen molar-refractivity contribution >= 4 is 30.1 Å². The van der Waals surface area contributed by atoms with Crippen LogP contribution in [0.2, 0.25) is 0 Å². The van der Waals surface area contributed by atoms with Gasteiger partial charge in [-0.1, -0.05) is 6.42 Å². The lowest BCUT2D eigenvalue weighted by atomic mass is 9.88. The molecule has 2 amide bonds. The average Bonchev–Trinajstić information content (AvgIpc) is 3.04. The summed E-state index contributed by atoms with van der Waals surface area (Å²) < 4.78 is 0. The van der Waals surface area contributed by atoms with E-state index in [2.05, 4.69) is 20.9 Å². The molecule has 1 aromatic rings. The van der Waals surface area contributed by atoms with Gasteiger partial charge in [-0.25, -0.2) is 4.98 Å². The lowest BCUT2D eigenvalue weighted by Gasteiger charge is -2.38. The van der Waals surface area contributed by atoms with Gasteiger partial charge in [-0.2, -0.15) is 0 Å². The number of allylic oxidation sites excluding steroid dienone is 3. The van der Waals surface area contributed by atoms with E-state index < -0.39 is 5.66 Å². The summed E-state index contributed by atoms with van der Waals surface area (Å²) in [7, 11) is 1.78. The van der Waals surface area contributed by atoms with E-state index >= 15 is 0 Å². The maximum atomic E-state index is 13.0. The van der Waals surface area contributed by atoms with Crippen LogP contribution in [0.15, 0.2) is 28.7 Å². The molecule has 1 aliphatic carbocycles. The molecule has 3 heterocycles. The SMILES string of the molecule is CNc1ncc2c(c1CC=O)NC(C)=C(/C(C)=C1/C(=O)NC3(CCCCC3)N1C=O)C2. The highest BCUT2D eigenvalue weighted by atomic mass is 16.2. The molecule has 0 bridgehead atoms. The quantitative estimate of drug-likeness (QED) is 0.497. The first kappa shape index (κ1) is 21.1. The molecular weight excluding hydrogens is 394 g/mol. The number of rotatable bonds is 5. The summed E-state index contributed by atoms with van der Waals surface area (Å²) in [5.41, 5.74) is 5.17. The second kappa shape index (κ2) is 8.17. The molecule has 8 heteroatoms. The summed E-state index contributed by atoms with van der Waals surface area (Å²) in [4.78, 5) is 42.4. The molecule has 1 spiro atoms. The number of aromatic nitrogens is 1. The van der Waals surface area contributed by atoms with Gasteiger partial charge in [0.05, 0.1) is 5.69 Å². The van der Waals surface area contributed by atoms with Gasteiger partial charge in [-0.05, 0) is 56.2 Å². The van der Waals surface area contributed by atoms with Gasteiger partial charge < -0.3 is 20.7 Å². The van der Waals surface area contributed by atoms with Crippen LogP contribution < -0.4 is 16.0 Å². The molecule has 164 valence electrons. The lowest BCUT2D eigenvalue weighted by Crippen LogP contribution is -2.52. The number of amides is 2. The van der Waals surface area contributed by atoms with E-state index in [0.29, 0.717) is 17.9 Å². The van der Waals surface area contributed by atoms with Crippen molar-refractivity contribution < 1.29 is 14.4 Å². The van der Waals surface area contributed by atoms with Gasteiger partial charge in [0.2, 0.25) is 6.41 Å². The fourth-order valence-electron chi connectivity index (χ4n) is 5.19. The van der Waals surface area contributed by atoms with Gasteiger partial charge in [0, 0.05) is 37.3 Å². The minimum absolute atomic E-state index is 0.192. The zero-order chi connectivity index (χ0) is 22.2. The Bertz CT molecular complexity index is 1000. The van der Waals surface area contributed by atoms with E-state index in [0.717, 1.165) is 78.5 Å². The average molecular weight is 424 g/mol. The van der Waals surface area contributed by atoms with E-state index in [1.54, 1.807) is 18.1 Å². The van der Waals surface area contributed by atoms with Gasteiger partial charge in [0.1, 0.15) is 23.5 Å². The highest BCUT2D eigenvalue weighted by Gasteiger charge is 2.49. The topological polar surface area (TPSA) is 103 Å². The first-order chi connectivity index (χ1) is 15.0. The number of nitrogens with one attached hydrogen (secondary N) is 3. The Hall–Kier alpha value is -3.16. The van der Waals surface area contributed by atoms with Gasteiger partial charge >= 0.3 is 0 Å². The minimum atomic E-state index is -0.595. The number of hydrogen-bond acceptors (Lipinski definition) is 6. The zero-order valence-corrected chi connectivity index (χ0v) is 18.3. The Morgan fingerprint density at radius 3 is 2.68 bits per heavy atom. The van der Waals surface area contributed by atoms with Crippen LogP contribution in [0.25, 0.3) is 0 Å². The van der Waals surface area contributed by atoms with Gasteiger partial charge in [0.25, 0.3) is 5.91 Å². The van der Waals surface area contributed by atoms with E-state index in [4.69, 9.17) is 0 Å². The predicted molar refractivity (Wildman–Crippen MR) is 118 cm³/mol. The smallest absolute Gasteiger partial charge is 0.270 e. The first-order valence-corrected chi connectivity index (χ1v) is 10.8. The number of anilines is 2. The van der Waals surface area contributed by atoms with Crippen molar-refractivity contribution in [1.29, 1.82) is 0 Å². The molecule has 1 saturated carbocycles. The molecule has 4 rings (SSSR count). The monoisotopic (exact) mass is 423 g/mol. The first-order valence-electron chi connectivity index (χ1n) is 10.8. The Kier molecular flexibility index (Phi) is 5.56.